The Kier molecular flexibility index (Phi) is 4.81. The summed E-state index contributed by atoms with van der Waals surface area (Å²) in [7, 11) is 0. The quantitative estimate of drug-likeness (QED) is 0.896. The first-order chi connectivity index (χ1) is 11.2. The predicted octanol–water partition coefficient (Wildman–Crippen LogP) is 1.03. The maximum absolute atomic E-state index is 12.7. The monoisotopic (exact) mass is 316 g/mol. The summed E-state index contributed by atoms with van der Waals surface area (Å²) in [5, 5.41) is 3.24. The molecule has 23 heavy (non-hydrogen) atoms. The zero-order chi connectivity index (χ0) is 16.2. The van der Waals surface area contributed by atoms with Crippen LogP contribution in [-0.4, -0.2) is 46.1 Å². The van der Waals surface area contributed by atoms with E-state index in [4.69, 9.17) is 0 Å². The van der Waals surface area contributed by atoms with Crippen molar-refractivity contribution in [3.63, 3.8) is 0 Å². The van der Waals surface area contributed by atoms with Crippen molar-refractivity contribution in [1.29, 1.82) is 0 Å². The van der Waals surface area contributed by atoms with Crippen LogP contribution in [0.2, 0.25) is 0 Å². The molecule has 0 saturated carbocycles. The number of para-hydroxylation sites is 2. The van der Waals surface area contributed by atoms with Gasteiger partial charge in [-0.25, -0.2) is 4.79 Å². The van der Waals surface area contributed by atoms with Gasteiger partial charge in [0.1, 0.15) is 0 Å². The Hall–Kier alpha value is -2.08. The first-order valence-electron chi connectivity index (χ1n) is 8.39. The fraction of sp³-hybridized carbons (Fsp3) is 0.529. The van der Waals surface area contributed by atoms with Gasteiger partial charge in [-0.05, 0) is 18.6 Å². The van der Waals surface area contributed by atoms with Gasteiger partial charge in [0.15, 0.2) is 0 Å². The van der Waals surface area contributed by atoms with Crippen LogP contribution in [0.5, 0.6) is 0 Å². The molecule has 0 unspecified atom stereocenters. The summed E-state index contributed by atoms with van der Waals surface area (Å²) in [4.78, 5) is 26.9. The molecule has 0 atom stereocenters. The average Bonchev–Trinajstić information content (AvgIpc) is 2.86. The van der Waals surface area contributed by atoms with Crippen molar-refractivity contribution in [2.45, 2.75) is 32.9 Å². The number of hydrogen-bond donors (Lipinski definition) is 1. The molecule has 0 radical (unpaired) electrons. The van der Waals surface area contributed by atoms with Crippen molar-refractivity contribution in [2.24, 2.45) is 0 Å². The second-order valence-corrected chi connectivity index (χ2v) is 5.96. The summed E-state index contributed by atoms with van der Waals surface area (Å²) >= 11 is 0. The summed E-state index contributed by atoms with van der Waals surface area (Å²) in [6.45, 7) is 6.42. The van der Waals surface area contributed by atoms with E-state index in [1.807, 2.05) is 33.7 Å². The van der Waals surface area contributed by atoms with Crippen LogP contribution < -0.4 is 11.0 Å². The summed E-state index contributed by atoms with van der Waals surface area (Å²) < 4.78 is 3.55. The molecule has 2 aromatic rings. The molecule has 1 aliphatic heterocycles. The number of amides is 1. The molecule has 6 heteroatoms. The van der Waals surface area contributed by atoms with Gasteiger partial charge in [-0.3, -0.25) is 13.9 Å². The molecule has 1 aromatic heterocycles. The lowest BCUT2D eigenvalue weighted by molar-refractivity contribution is -0.131. The lowest BCUT2D eigenvalue weighted by Gasteiger charge is -2.27. The highest BCUT2D eigenvalue weighted by Gasteiger charge is 2.18. The molecular weight excluding hydrogens is 292 g/mol. The van der Waals surface area contributed by atoms with Crippen molar-refractivity contribution in [2.75, 3.05) is 26.2 Å². The van der Waals surface area contributed by atoms with Crippen molar-refractivity contribution in [1.82, 2.24) is 19.4 Å². The summed E-state index contributed by atoms with van der Waals surface area (Å²) in [5.74, 6) is 0.130. The lowest BCUT2D eigenvalue weighted by Crippen LogP contribution is -2.46. The normalized spacial score (nSPS) is 15.3. The Morgan fingerprint density at radius 1 is 1.09 bits per heavy atom. The molecule has 3 rings (SSSR count). The van der Waals surface area contributed by atoms with E-state index in [0.29, 0.717) is 19.5 Å². The molecule has 6 nitrogen and oxygen atoms in total. The molecule has 0 spiro atoms. The number of hydrogen-bond acceptors (Lipinski definition) is 3. The Bertz CT molecular complexity index is 741. The molecule has 1 aliphatic rings. The number of rotatable bonds is 5. The van der Waals surface area contributed by atoms with Gasteiger partial charge in [0.2, 0.25) is 5.91 Å². The van der Waals surface area contributed by atoms with Gasteiger partial charge >= 0.3 is 5.69 Å². The van der Waals surface area contributed by atoms with E-state index in [1.54, 1.807) is 4.57 Å². The molecule has 1 amide bonds. The second kappa shape index (κ2) is 7.00. The summed E-state index contributed by atoms with van der Waals surface area (Å²) in [6, 6.07) is 7.82. The minimum atomic E-state index is -0.0128. The molecule has 124 valence electrons. The van der Waals surface area contributed by atoms with Gasteiger partial charge in [0, 0.05) is 45.7 Å². The topological polar surface area (TPSA) is 59.3 Å². The smallest absolute Gasteiger partial charge is 0.329 e. The number of nitrogens with one attached hydrogen (secondary N) is 1. The lowest BCUT2D eigenvalue weighted by atomic mass is 10.3. The molecule has 2 heterocycles. The van der Waals surface area contributed by atoms with Gasteiger partial charge < -0.3 is 10.2 Å². The van der Waals surface area contributed by atoms with E-state index in [9.17, 15) is 9.59 Å². The number of benzene rings is 1. The zero-order valence-corrected chi connectivity index (χ0v) is 13.6. The van der Waals surface area contributed by atoms with Crippen LogP contribution in [0.3, 0.4) is 0 Å². The molecule has 1 aromatic carbocycles. The van der Waals surface area contributed by atoms with Crippen molar-refractivity contribution >= 4 is 16.9 Å². The van der Waals surface area contributed by atoms with Crippen LogP contribution in [0.15, 0.2) is 29.1 Å². The van der Waals surface area contributed by atoms with E-state index >= 15 is 0 Å². The van der Waals surface area contributed by atoms with Gasteiger partial charge in [0.25, 0.3) is 0 Å². The fourth-order valence-corrected chi connectivity index (χ4v) is 3.21. The third-order valence-corrected chi connectivity index (χ3v) is 4.39. The number of aromatic nitrogens is 2. The van der Waals surface area contributed by atoms with E-state index in [2.05, 4.69) is 12.2 Å². The Balaban J connectivity index is 1.81. The third kappa shape index (κ3) is 3.17. The van der Waals surface area contributed by atoms with E-state index in [-0.39, 0.29) is 11.6 Å². The van der Waals surface area contributed by atoms with E-state index in [0.717, 1.165) is 43.6 Å². The number of fused-ring (bicyclic) bond motifs is 1. The highest BCUT2D eigenvalue weighted by atomic mass is 16.2. The van der Waals surface area contributed by atoms with Crippen LogP contribution in [0.25, 0.3) is 11.0 Å². The Morgan fingerprint density at radius 3 is 2.30 bits per heavy atom. The van der Waals surface area contributed by atoms with Crippen LogP contribution in [0, 0.1) is 0 Å². The van der Waals surface area contributed by atoms with Crippen LogP contribution >= 0.6 is 0 Å². The average molecular weight is 316 g/mol. The SMILES string of the molecule is CCCn1c(=O)n(CCC(=O)N2CCNCC2)c2ccccc21. The maximum Gasteiger partial charge on any atom is 0.329 e. The van der Waals surface area contributed by atoms with Crippen molar-refractivity contribution in [3.8, 4) is 0 Å². The Labute approximate surface area is 135 Å². The number of nitrogens with zero attached hydrogens (tertiary/aromatic N) is 3. The molecule has 0 bridgehead atoms. The number of carbonyl (C=O) groups is 1. The van der Waals surface area contributed by atoms with Crippen LogP contribution in [-0.2, 0) is 17.9 Å². The Morgan fingerprint density at radius 2 is 1.70 bits per heavy atom. The van der Waals surface area contributed by atoms with E-state index < -0.39 is 0 Å². The van der Waals surface area contributed by atoms with Crippen LogP contribution in [0.1, 0.15) is 19.8 Å². The molecule has 1 saturated heterocycles. The number of aryl methyl sites for hydroxylation is 2. The third-order valence-electron chi connectivity index (χ3n) is 4.39. The van der Waals surface area contributed by atoms with E-state index in [1.165, 1.54) is 0 Å². The molecular formula is C17H24N4O2. The zero-order valence-electron chi connectivity index (χ0n) is 13.6. The largest absolute Gasteiger partial charge is 0.340 e. The predicted molar refractivity (Wildman–Crippen MR) is 90.6 cm³/mol. The minimum Gasteiger partial charge on any atom is -0.340 e. The highest BCUT2D eigenvalue weighted by molar-refractivity contribution is 5.78. The first-order valence-corrected chi connectivity index (χ1v) is 8.39. The van der Waals surface area contributed by atoms with Crippen LogP contribution in [0.4, 0.5) is 0 Å². The number of carbonyl (C=O) groups excluding carboxylic acids is 1. The van der Waals surface area contributed by atoms with Crippen molar-refractivity contribution < 1.29 is 4.79 Å². The summed E-state index contributed by atoms with van der Waals surface area (Å²) in [6.07, 6.45) is 1.29. The molecule has 0 aliphatic carbocycles. The first kappa shape index (κ1) is 15.8. The van der Waals surface area contributed by atoms with Gasteiger partial charge in [0.05, 0.1) is 11.0 Å². The minimum absolute atomic E-state index is 0.0128. The standard InChI is InChI=1S/C17H24N4O2/c1-2-10-20-14-5-3-4-6-15(14)21(17(20)23)11-7-16(22)19-12-8-18-9-13-19/h3-6,18H,2,7-13H2,1H3. The fourth-order valence-electron chi connectivity index (χ4n) is 3.21. The van der Waals surface area contributed by atoms with Gasteiger partial charge in [-0.15, -0.1) is 0 Å². The second-order valence-electron chi connectivity index (χ2n) is 5.96. The highest BCUT2D eigenvalue weighted by Crippen LogP contribution is 2.14. The summed E-state index contributed by atoms with van der Waals surface area (Å²) in [5.41, 5.74) is 1.86. The van der Waals surface area contributed by atoms with Gasteiger partial charge in [-0.2, -0.15) is 0 Å². The number of imidazole rings is 1. The maximum atomic E-state index is 12.7. The number of piperazine rings is 1. The van der Waals surface area contributed by atoms with Crippen molar-refractivity contribution in [3.05, 3.63) is 34.7 Å². The molecule has 1 fully saturated rings. The molecule has 1 N–H and O–H groups in total. The van der Waals surface area contributed by atoms with Gasteiger partial charge in [-0.1, -0.05) is 19.1 Å².